The maximum Gasteiger partial charge on any atom is 0.251 e. The van der Waals surface area contributed by atoms with Crippen molar-refractivity contribution in [1.82, 2.24) is 14.6 Å². The van der Waals surface area contributed by atoms with Gasteiger partial charge in [-0.15, -0.1) is 0 Å². The summed E-state index contributed by atoms with van der Waals surface area (Å²) in [5, 5.41) is 2.79. The number of sulfonamides is 1. The molecule has 2 heterocycles. The fraction of sp³-hybridized carbons (Fsp3) is 0.600. The summed E-state index contributed by atoms with van der Waals surface area (Å²) in [7, 11) is -3.05. The third-order valence-corrected chi connectivity index (χ3v) is 6.77. The predicted octanol–water partition coefficient (Wildman–Crippen LogP) is 1.02. The molecule has 2 fully saturated rings. The van der Waals surface area contributed by atoms with Gasteiger partial charge in [0.05, 0.1) is 5.25 Å². The van der Waals surface area contributed by atoms with Crippen LogP contribution in [0.5, 0.6) is 0 Å². The molecular weight excluding hydrogens is 302 g/mol. The Morgan fingerprint density at radius 2 is 1.82 bits per heavy atom. The fourth-order valence-corrected chi connectivity index (χ4v) is 4.66. The van der Waals surface area contributed by atoms with Crippen molar-refractivity contribution in [2.45, 2.75) is 30.9 Å². The summed E-state index contributed by atoms with van der Waals surface area (Å²) in [4.78, 5) is 15.8. The highest BCUT2D eigenvalue weighted by atomic mass is 32.2. The van der Waals surface area contributed by atoms with Gasteiger partial charge in [0.1, 0.15) is 0 Å². The van der Waals surface area contributed by atoms with Crippen molar-refractivity contribution in [2.24, 2.45) is 5.92 Å². The molecule has 0 aromatic carbocycles. The first-order chi connectivity index (χ1) is 10.6. The lowest BCUT2D eigenvalue weighted by Gasteiger charge is -2.31. The zero-order valence-corrected chi connectivity index (χ0v) is 13.3. The van der Waals surface area contributed by atoms with Crippen molar-refractivity contribution in [3.8, 4) is 0 Å². The third kappa shape index (κ3) is 3.47. The number of aromatic nitrogens is 1. The monoisotopic (exact) mass is 323 g/mol. The number of nitrogens with one attached hydrogen (secondary N) is 1. The van der Waals surface area contributed by atoms with Gasteiger partial charge in [-0.05, 0) is 43.7 Å². The summed E-state index contributed by atoms with van der Waals surface area (Å²) >= 11 is 0. The molecule has 2 aliphatic rings. The zero-order chi connectivity index (χ0) is 15.6. The highest BCUT2D eigenvalue weighted by Gasteiger charge is 2.41. The van der Waals surface area contributed by atoms with Crippen LogP contribution in [-0.4, -0.2) is 48.5 Å². The number of carbonyl (C=O) groups is 1. The summed E-state index contributed by atoms with van der Waals surface area (Å²) in [5.41, 5.74) is 0.601. The molecule has 1 aromatic rings. The number of rotatable bonds is 5. The first-order valence-electron chi connectivity index (χ1n) is 7.74. The summed E-state index contributed by atoms with van der Waals surface area (Å²) < 4.78 is 25.9. The molecule has 1 amide bonds. The van der Waals surface area contributed by atoms with Crippen molar-refractivity contribution in [3.63, 3.8) is 0 Å². The van der Waals surface area contributed by atoms with Gasteiger partial charge in [0.2, 0.25) is 10.0 Å². The Bertz CT molecular complexity index is 621. The molecule has 1 saturated heterocycles. The number of hydrogen-bond acceptors (Lipinski definition) is 4. The van der Waals surface area contributed by atoms with Gasteiger partial charge < -0.3 is 5.32 Å². The van der Waals surface area contributed by atoms with Crippen LogP contribution in [0.15, 0.2) is 24.5 Å². The van der Waals surface area contributed by atoms with E-state index in [-0.39, 0.29) is 11.2 Å². The average Bonchev–Trinajstić information content (AvgIpc) is 3.39. The van der Waals surface area contributed by atoms with E-state index in [0.717, 1.165) is 25.7 Å². The molecule has 0 bridgehead atoms. The number of amides is 1. The van der Waals surface area contributed by atoms with E-state index in [0.29, 0.717) is 31.1 Å². The van der Waals surface area contributed by atoms with Crippen LogP contribution in [0.25, 0.3) is 0 Å². The quantitative estimate of drug-likeness (QED) is 0.877. The van der Waals surface area contributed by atoms with Crippen LogP contribution in [0.1, 0.15) is 36.0 Å². The Balaban J connectivity index is 1.45. The molecule has 1 aliphatic heterocycles. The first kappa shape index (κ1) is 15.4. The maximum absolute atomic E-state index is 12.2. The minimum atomic E-state index is -3.05. The van der Waals surface area contributed by atoms with Crippen LogP contribution in [-0.2, 0) is 10.0 Å². The van der Waals surface area contributed by atoms with Gasteiger partial charge in [-0.2, -0.15) is 0 Å². The van der Waals surface area contributed by atoms with E-state index in [2.05, 4.69) is 10.3 Å². The zero-order valence-electron chi connectivity index (χ0n) is 12.4. The van der Waals surface area contributed by atoms with E-state index in [1.165, 1.54) is 0 Å². The smallest absolute Gasteiger partial charge is 0.251 e. The number of nitrogens with zero attached hydrogens (tertiary/aromatic N) is 2. The normalized spacial score (nSPS) is 20.7. The molecule has 0 atom stereocenters. The molecule has 1 N–H and O–H groups in total. The number of pyridine rings is 1. The topological polar surface area (TPSA) is 79.4 Å². The summed E-state index contributed by atoms with van der Waals surface area (Å²) in [5.74, 6) is 0.242. The summed E-state index contributed by atoms with van der Waals surface area (Å²) in [6, 6.07) is 3.36. The van der Waals surface area contributed by atoms with Crippen LogP contribution in [0.3, 0.4) is 0 Å². The van der Waals surface area contributed by atoms with Gasteiger partial charge >= 0.3 is 0 Å². The van der Waals surface area contributed by atoms with Crippen LogP contribution in [0, 0.1) is 5.92 Å². The molecule has 6 nitrogen and oxygen atoms in total. The maximum atomic E-state index is 12.2. The predicted molar refractivity (Wildman–Crippen MR) is 82.8 cm³/mol. The van der Waals surface area contributed by atoms with E-state index in [9.17, 15) is 13.2 Å². The van der Waals surface area contributed by atoms with E-state index in [4.69, 9.17) is 0 Å². The second-order valence-corrected chi connectivity index (χ2v) is 8.25. The molecular formula is C15H21N3O3S. The molecule has 0 spiro atoms. The van der Waals surface area contributed by atoms with Gasteiger partial charge in [-0.3, -0.25) is 9.78 Å². The summed E-state index contributed by atoms with van der Waals surface area (Å²) in [6.07, 6.45) is 6.42. The van der Waals surface area contributed by atoms with Crippen LogP contribution < -0.4 is 5.32 Å². The van der Waals surface area contributed by atoms with Crippen molar-refractivity contribution < 1.29 is 13.2 Å². The van der Waals surface area contributed by atoms with Crippen molar-refractivity contribution >= 4 is 15.9 Å². The Hall–Kier alpha value is -1.47. The molecule has 3 rings (SSSR count). The molecule has 22 heavy (non-hydrogen) atoms. The Kier molecular flexibility index (Phi) is 4.44. The van der Waals surface area contributed by atoms with E-state index < -0.39 is 10.0 Å². The minimum Gasteiger partial charge on any atom is -0.352 e. The van der Waals surface area contributed by atoms with E-state index in [1.807, 2.05) is 0 Å². The molecule has 0 unspecified atom stereocenters. The Labute approximate surface area is 131 Å². The van der Waals surface area contributed by atoms with E-state index in [1.54, 1.807) is 28.8 Å². The Morgan fingerprint density at radius 3 is 2.41 bits per heavy atom. The summed E-state index contributed by atoms with van der Waals surface area (Å²) in [6.45, 7) is 1.75. The van der Waals surface area contributed by atoms with Crippen molar-refractivity contribution in [1.29, 1.82) is 0 Å². The van der Waals surface area contributed by atoms with Gasteiger partial charge in [0.25, 0.3) is 5.91 Å². The molecule has 7 heteroatoms. The molecule has 1 aromatic heterocycles. The van der Waals surface area contributed by atoms with Crippen molar-refractivity contribution in [3.05, 3.63) is 30.1 Å². The van der Waals surface area contributed by atoms with Gasteiger partial charge in [0.15, 0.2) is 0 Å². The molecule has 1 aliphatic carbocycles. The lowest BCUT2D eigenvalue weighted by Crippen LogP contribution is -2.42. The standard InChI is InChI=1S/C15H21N3O3S/c19-15(13-3-7-16-8-4-13)17-11-12-5-9-18(10-6-12)22(20,21)14-1-2-14/h3-4,7-8,12,14H,1-2,5-6,9-11H2,(H,17,19). The van der Waals surface area contributed by atoms with Crippen LogP contribution >= 0.6 is 0 Å². The second-order valence-electron chi connectivity index (χ2n) is 6.03. The van der Waals surface area contributed by atoms with Gasteiger partial charge in [-0.25, -0.2) is 12.7 Å². The average molecular weight is 323 g/mol. The Morgan fingerprint density at radius 1 is 1.18 bits per heavy atom. The largest absolute Gasteiger partial charge is 0.352 e. The minimum absolute atomic E-state index is 0.101. The van der Waals surface area contributed by atoms with Crippen molar-refractivity contribution in [2.75, 3.05) is 19.6 Å². The number of carbonyl (C=O) groups excluding carboxylic acids is 1. The number of hydrogen-bond donors (Lipinski definition) is 1. The second kappa shape index (κ2) is 6.34. The molecule has 1 saturated carbocycles. The highest BCUT2D eigenvalue weighted by Crippen LogP contribution is 2.33. The van der Waals surface area contributed by atoms with Crippen LogP contribution in [0.2, 0.25) is 0 Å². The number of piperidine rings is 1. The molecule has 0 radical (unpaired) electrons. The SMILES string of the molecule is O=C(NCC1CCN(S(=O)(=O)C2CC2)CC1)c1ccncc1. The third-order valence-electron chi connectivity index (χ3n) is 4.37. The van der Waals surface area contributed by atoms with Crippen LogP contribution in [0.4, 0.5) is 0 Å². The fourth-order valence-electron chi connectivity index (χ4n) is 2.79. The van der Waals surface area contributed by atoms with Gasteiger partial charge in [0, 0.05) is 37.6 Å². The van der Waals surface area contributed by atoms with Gasteiger partial charge in [-0.1, -0.05) is 0 Å². The highest BCUT2D eigenvalue weighted by molar-refractivity contribution is 7.90. The van der Waals surface area contributed by atoms with E-state index >= 15 is 0 Å². The molecule has 120 valence electrons. The lowest BCUT2D eigenvalue weighted by atomic mass is 9.98. The first-order valence-corrected chi connectivity index (χ1v) is 9.25. The lowest BCUT2D eigenvalue weighted by molar-refractivity contribution is 0.0941.